The number of rotatable bonds is 7. The molecule has 0 amide bonds. The molecule has 2 aliphatic carbocycles. The van der Waals surface area contributed by atoms with Crippen molar-refractivity contribution in [3.63, 3.8) is 0 Å². The van der Waals surface area contributed by atoms with E-state index in [2.05, 4.69) is 11.1 Å². The van der Waals surface area contributed by atoms with E-state index in [0.717, 1.165) is 50.6 Å². The molecule has 2 fully saturated rings. The molecule has 0 aromatic rings. The summed E-state index contributed by atoms with van der Waals surface area (Å²) in [5.74, 6) is 2.15. The van der Waals surface area contributed by atoms with Gasteiger partial charge in [-0.2, -0.15) is 0 Å². The van der Waals surface area contributed by atoms with Crippen LogP contribution in [0.1, 0.15) is 64.7 Å². The summed E-state index contributed by atoms with van der Waals surface area (Å²) < 4.78 is 16.0. The van der Waals surface area contributed by atoms with Crippen molar-refractivity contribution in [2.24, 2.45) is 17.3 Å². The Kier molecular flexibility index (Phi) is 6.08. The van der Waals surface area contributed by atoms with Crippen LogP contribution < -0.4 is 0 Å². The van der Waals surface area contributed by atoms with Crippen LogP contribution in [0, 0.1) is 17.3 Å². The molecule has 120 valence electrons. The van der Waals surface area contributed by atoms with E-state index in [1.54, 1.807) is 0 Å². The van der Waals surface area contributed by atoms with Gasteiger partial charge in [0.2, 0.25) is 0 Å². The van der Waals surface area contributed by atoms with Gasteiger partial charge >= 0.3 is 6.22 Å². The molecular formula is C16H25FO3S. The maximum Gasteiger partial charge on any atom is 0.507 e. The van der Waals surface area contributed by atoms with E-state index in [-0.39, 0.29) is 5.41 Å². The molecule has 0 aromatic heterocycles. The third kappa shape index (κ3) is 4.21. The Morgan fingerprint density at radius 1 is 1.38 bits per heavy atom. The molecule has 0 radical (unpaired) electrons. The first-order valence-corrected chi connectivity index (χ1v) is 8.97. The first-order chi connectivity index (χ1) is 10.0. The predicted molar refractivity (Wildman–Crippen MR) is 81.7 cm³/mol. The number of fused-ring (bicyclic) bond motifs is 1. The van der Waals surface area contributed by atoms with Crippen LogP contribution in [0.4, 0.5) is 9.18 Å². The summed E-state index contributed by atoms with van der Waals surface area (Å²) in [6, 6.07) is 0. The van der Waals surface area contributed by atoms with Crippen molar-refractivity contribution in [1.29, 1.82) is 0 Å². The third-order valence-electron chi connectivity index (χ3n) is 5.46. The van der Waals surface area contributed by atoms with E-state index in [4.69, 9.17) is 0 Å². The second kappa shape index (κ2) is 7.61. The minimum atomic E-state index is -1.72. The largest absolute Gasteiger partial charge is 0.507 e. The van der Waals surface area contributed by atoms with Crippen molar-refractivity contribution in [1.82, 2.24) is 0 Å². The number of hydrogen-bond acceptors (Lipinski definition) is 4. The lowest BCUT2D eigenvalue weighted by Gasteiger charge is -2.40. The smallest absolute Gasteiger partial charge is 0.366 e. The molecule has 21 heavy (non-hydrogen) atoms. The molecule has 0 aliphatic heterocycles. The molecule has 0 aromatic carbocycles. The number of hydrogen-bond donors (Lipinski definition) is 0. The lowest BCUT2D eigenvalue weighted by Crippen LogP contribution is -2.37. The quantitative estimate of drug-likeness (QED) is 0.373. The fraction of sp³-hybridized carbons (Fsp3) is 0.875. The maximum atomic E-state index is 12.1. The maximum absolute atomic E-state index is 12.1. The van der Waals surface area contributed by atoms with E-state index >= 15 is 0 Å². The molecule has 0 bridgehead atoms. The standard InChI is InChI=1S/C16H25FO3S/c1-16-10-5-7-14(18)13(16)9-8-12(16)6-3-2-4-11-21-20-15(17)19/h12-13H,2-11H2,1H3/t12?,13-,16?/m0/s1. The molecular weight excluding hydrogens is 291 g/mol. The van der Waals surface area contributed by atoms with Crippen molar-refractivity contribution in [3.8, 4) is 0 Å². The minimum Gasteiger partial charge on any atom is -0.366 e. The van der Waals surface area contributed by atoms with Gasteiger partial charge in [-0.1, -0.05) is 19.8 Å². The van der Waals surface area contributed by atoms with Gasteiger partial charge in [0.1, 0.15) is 5.78 Å². The van der Waals surface area contributed by atoms with Gasteiger partial charge in [0.15, 0.2) is 0 Å². The summed E-state index contributed by atoms with van der Waals surface area (Å²) in [5, 5.41) is 0. The van der Waals surface area contributed by atoms with Crippen LogP contribution in [0.25, 0.3) is 0 Å². The van der Waals surface area contributed by atoms with Crippen LogP contribution in [0.15, 0.2) is 0 Å². The summed E-state index contributed by atoms with van der Waals surface area (Å²) in [5.41, 5.74) is 0.244. The van der Waals surface area contributed by atoms with Crippen LogP contribution in [0.3, 0.4) is 0 Å². The van der Waals surface area contributed by atoms with Crippen molar-refractivity contribution in [2.45, 2.75) is 64.7 Å². The third-order valence-corrected chi connectivity index (χ3v) is 6.17. The first kappa shape index (κ1) is 16.8. The Bertz CT molecular complexity index is 388. The number of ketones is 1. The van der Waals surface area contributed by atoms with Gasteiger partial charge in [-0.3, -0.25) is 4.79 Å². The summed E-state index contributed by atoms with van der Waals surface area (Å²) in [6.07, 6.45) is 7.96. The summed E-state index contributed by atoms with van der Waals surface area (Å²) in [7, 11) is 0. The van der Waals surface area contributed by atoms with Gasteiger partial charge in [-0.15, -0.1) is 4.39 Å². The molecule has 2 unspecified atom stereocenters. The Labute approximate surface area is 130 Å². The van der Waals surface area contributed by atoms with Crippen molar-refractivity contribution < 1.29 is 18.2 Å². The number of Topliss-reactive ketones (excluding diaryl/α,β-unsaturated/α-hetero) is 1. The van der Waals surface area contributed by atoms with E-state index in [1.165, 1.54) is 19.3 Å². The van der Waals surface area contributed by atoms with Gasteiger partial charge in [-0.05, 0) is 49.9 Å². The Hall–Kier alpha value is -0.580. The highest BCUT2D eigenvalue weighted by Crippen LogP contribution is 2.55. The monoisotopic (exact) mass is 316 g/mol. The Morgan fingerprint density at radius 3 is 2.95 bits per heavy atom. The Morgan fingerprint density at radius 2 is 2.19 bits per heavy atom. The number of carbonyl (C=O) groups is 2. The second-order valence-electron chi connectivity index (χ2n) is 6.64. The molecule has 0 spiro atoms. The molecule has 0 N–H and O–H groups in total. The van der Waals surface area contributed by atoms with Crippen LogP contribution >= 0.6 is 12.0 Å². The lowest BCUT2D eigenvalue weighted by molar-refractivity contribution is -0.129. The van der Waals surface area contributed by atoms with Crippen LogP contribution in [0.5, 0.6) is 0 Å². The highest BCUT2D eigenvalue weighted by atomic mass is 32.2. The normalized spacial score (nSPS) is 32.0. The molecule has 0 heterocycles. The number of unbranched alkanes of at least 4 members (excludes halogenated alkanes) is 2. The van der Waals surface area contributed by atoms with E-state index < -0.39 is 6.22 Å². The van der Waals surface area contributed by atoms with Gasteiger partial charge in [-0.25, -0.2) is 4.79 Å². The van der Waals surface area contributed by atoms with Gasteiger partial charge in [0.25, 0.3) is 0 Å². The first-order valence-electron chi connectivity index (χ1n) is 8.05. The summed E-state index contributed by atoms with van der Waals surface area (Å²) in [4.78, 5) is 22.0. The fourth-order valence-electron chi connectivity index (χ4n) is 4.33. The zero-order chi connectivity index (χ0) is 15.3. The zero-order valence-electron chi connectivity index (χ0n) is 12.7. The SMILES string of the molecule is CC12CCCC(=O)[C@@H]1CCC2CCCCCSOC(=O)F. The van der Waals surface area contributed by atoms with Crippen LogP contribution in [-0.2, 0) is 8.98 Å². The average Bonchev–Trinajstić information content (AvgIpc) is 2.76. The van der Waals surface area contributed by atoms with E-state index in [9.17, 15) is 14.0 Å². The molecule has 5 heteroatoms. The van der Waals surface area contributed by atoms with Crippen molar-refractivity contribution in [3.05, 3.63) is 0 Å². The molecule has 3 atom stereocenters. The predicted octanol–water partition coefficient (Wildman–Crippen LogP) is 5.09. The second-order valence-corrected chi connectivity index (χ2v) is 7.46. The molecule has 2 saturated carbocycles. The molecule has 2 rings (SSSR count). The molecule has 3 nitrogen and oxygen atoms in total. The summed E-state index contributed by atoms with van der Waals surface area (Å²) in [6.45, 7) is 2.32. The summed E-state index contributed by atoms with van der Waals surface area (Å²) >= 11 is 0.893. The highest BCUT2D eigenvalue weighted by molar-refractivity contribution is 7.95. The number of halogens is 1. The molecule has 2 aliphatic rings. The average molecular weight is 316 g/mol. The van der Waals surface area contributed by atoms with Crippen LogP contribution in [-0.4, -0.2) is 17.8 Å². The Balaban J connectivity index is 1.65. The topological polar surface area (TPSA) is 43.4 Å². The fourth-order valence-corrected chi connectivity index (χ4v) is 4.83. The molecule has 0 saturated heterocycles. The van der Waals surface area contributed by atoms with Gasteiger partial charge in [0, 0.05) is 18.1 Å². The van der Waals surface area contributed by atoms with E-state index in [1.807, 2.05) is 0 Å². The van der Waals surface area contributed by atoms with E-state index in [0.29, 0.717) is 23.4 Å². The van der Waals surface area contributed by atoms with Gasteiger partial charge in [0.05, 0.1) is 12.0 Å². The van der Waals surface area contributed by atoms with Gasteiger partial charge < -0.3 is 4.18 Å². The zero-order valence-corrected chi connectivity index (χ0v) is 13.6. The van der Waals surface area contributed by atoms with Crippen LogP contribution in [0.2, 0.25) is 0 Å². The van der Waals surface area contributed by atoms with Crippen molar-refractivity contribution in [2.75, 3.05) is 5.75 Å². The lowest BCUT2D eigenvalue weighted by atomic mass is 9.64. The minimum absolute atomic E-state index is 0.244. The van der Waals surface area contributed by atoms with Crippen molar-refractivity contribution >= 4 is 24.0 Å². The highest BCUT2D eigenvalue weighted by Gasteiger charge is 2.50. The number of carbonyl (C=O) groups excluding carboxylic acids is 2.